The third kappa shape index (κ3) is 4.98. The van der Waals surface area contributed by atoms with Crippen molar-refractivity contribution in [3.05, 3.63) is 24.3 Å². The van der Waals surface area contributed by atoms with Gasteiger partial charge in [0.05, 0.1) is 12.9 Å². The van der Waals surface area contributed by atoms with E-state index in [-0.39, 0.29) is 18.0 Å². The van der Waals surface area contributed by atoms with Gasteiger partial charge in [0, 0.05) is 17.6 Å². The smallest absolute Gasteiger partial charge is 0.230 e. The van der Waals surface area contributed by atoms with Crippen LogP contribution in [0.1, 0.15) is 40.2 Å². The lowest BCUT2D eigenvalue weighted by atomic mass is 10.2. The van der Waals surface area contributed by atoms with Crippen molar-refractivity contribution in [2.75, 3.05) is 12.9 Å². The fraction of sp³-hybridized carbons (Fsp3) is 0.500. The van der Waals surface area contributed by atoms with Crippen molar-refractivity contribution in [1.29, 1.82) is 0 Å². The summed E-state index contributed by atoms with van der Waals surface area (Å²) in [4.78, 5) is 12.0. The van der Waals surface area contributed by atoms with Crippen LogP contribution in [0.15, 0.2) is 29.4 Å². The van der Waals surface area contributed by atoms with E-state index < -0.39 is 0 Å². The summed E-state index contributed by atoms with van der Waals surface area (Å²) in [6.07, 6.45) is 0.917. The number of hydrogen-bond acceptors (Lipinski definition) is 5. The average Bonchev–Trinajstić information content (AvgIpc) is 3.04. The highest BCUT2D eigenvalue weighted by atomic mass is 32.2. The van der Waals surface area contributed by atoms with E-state index in [1.807, 2.05) is 31.2 Å². The van der Waals surface area contributed by atoms with Gasteiger partial charge in [-0.2, -0.15) is 0 Å². The number of aromatic nitrogens is 3. The van der Waals surface area contributed by atoms with E-state index in [4.69, 9.17) is 4.74 Å². The molecule has 1 amide bonds. The molecule has 0 aliphatic heterocycles. The van der Waals surface area contributed by atoms with Crippen LogP contribution in [0.5, 0.6) is 5.75 Å². The maximum atomic E-state index is 12.0. The maximum Gasteiger partial charge on any atom is 0.230 e. The Bertz CT molecular complexity index is 698. The number of ether oxygens (including phenoxy) is 1. The van der Waals surface area contributed by atoms with Crippen LogP contribution in [0.4, 0.5) is 0 Å². The molecule has 0 radical (unpaired) electrons. The lowest BCUT2D eigenvalue weighted by Crippen LogP contribution is -2.33. The van der Waals surface area contributed by atoms with Gasteiger partial charge in [0.25, 0.3) is 0 Å². The van der Waals surface area contributed by atoms with Crippen molar-refractivity contribution < 1.29 is 9.53 Å². The van der Waals surface area contributed by atoms with Crippen molar-refractivity contribution in [1.82, 2.24) is 20.1 Å². The number of nitrogens with one attached hydrogen (secondary N) is 1. The molecule has 2 rings (SSSR count). The first kappa shape index (κ1) is 19.3. The molecule has 1 aromatic heterocycles. The van der Waals surface area contributed by atoms with Crippen LogP contribution in [0, 0.1) is 0 Å². The van der Waals surface area contributed by atoms with E-state index in [9.17, 15) is 4.79 Å². The molecular weight excluding hydrogens is 336 g/mol. The number of amides is 1. The predicted octanol–water partition coefficient (Wildman–Crippen LogP) is 3.54. The SMILES string of the molecule is CC[C@@H](C)NC(=O)CSc1nnc(-c2ccc(OC)cc2)n1C(C)C. The third-order valence-electron chi connectivity index (χ3n) is 3.88. The fourth-order valence-corrected chi connectivity index (χ4v) is 3.20. The topological polar surface area (TPSA) is 69.0 Å². The second kappa shape index (κ2) is 8.89. The number of hydrogen-bond donors (Lipinski definition) is 1. The van der Waals surface area contributed by atoms with Gasteiger partial charge in [-0.3, -0.25) is 9.36 Å². The van der Waals surface area contributed by atoms with Crippen LogP contribution in [-0.2, 0) is 4.79 Å². The summed E-state index contributed by atoms with van der Waals surface area (Å²) in [7, 11) is 1.64. The number of nitrogens with zero attached hydrogens (tertiary/aromatic N) is 3. The molecule has 0 unspecified atom stereocenters. The zero-order valence-electron chi connectivity index (χ0n) is 15.4. The summed E-state index contributed by atoms with van der Waals surface area (Å²) in [6, 6.07) is 8.11. The molecule has 6 nitrogen and oxygen atoms in total. The van der Waals surface area contributed by atoms with Crippen molar-refractivity contribution in [3.63, 3.8) is 0 Å². The maximum absolute atomic E-state index is 12.0. The molecule has 0 aliphatic carbocycles. The van der Waals surface area contributed by atoms with Gasteiger partial charge in [-0.1, -0.05) is 18.7 Å². The van der Waals surface area contributed by atoms with Crippen molar-refractivity contribution in [2.24, 2.45) is 0 Å². The second-order valence-electron chi connectivity index (χ2n) is 6.16. The summed E-state index contributed by atoms with van der Waals surface area (Å²) in [5.74, 6) is 1.94. The van der Waals surface area contributed by atoms with Gasteiger partial charge in [-0.25, -0.2) is 0 Å². The molecule has 0 spiro atoms. The van der Waals surface area contributed by atoms with Gasteiger partial charge in [-0.15, -0.1) is 10.2 Å². The Morgan fingerprint density at radius 2 is 1.92 bits per heavy atom. The van der Waals surface area contributed by atoms with E-state index in [1.54, 1.807) is 7.11 Å². The van der Waals surface area contributed by atoms with Crippen LogP contribution in [0.25, 0.3) is 11.4 Å². The number of carbonyl (C=O) groups excluding carboxylic acids is 1. The molecule has 0 bridgehead atoms. The fourth-order valence-electron chi connectivity index (χ4n) is 2.33. The first-order valence-electron chi connectivity index (χ1n) is 8.47. The van der Waals surface area contributed by atoms with Crippen LogP contribution < -0.4 is 10.1 Å². The normalized spacial score (nSPS) is 12.2. The molecule has 1 aromatic carbocycles. The van der Waals surface area contributed by atoms with E-state index in [1.165, 1.54) is 11.8 Å². The Balaban J connectivity index is 2.17. The lowest BCUT2D eigenvalue weighted by molar-refractivity contribution is -0.119. The van der Waals surface area contributed by atoms with Crippen LogP contribution in [0.3, 0.4) is 0 Å². The van der Waals surface area contributed by atoms with Crippen LogP contribution >= 0.6 is 11.8 Å². The Hall–Kier alpha value is -2.02. The van der Waals surface area contributed by atoms with Crippen molar-refractivity contribution in [3.8, 4) is 17.1 Å². The molecule has 1 heterocycles. The zero-order chi connectivity index (χ0) is 18.4. The molecular formula is C18H26N4O2S. The van der Waals surface area contributed by atoms with Crippen molar-refractivity contribution in [2.45, 2.75) is 51.4 Å². The number of rotatable bonds is 8. The van der Waals surface area contributed by atoms with Gasteiger partial charge in [-0.05, 0) is 51.5 Å². The highest BCUT2D eigenvalue weighted by Crippen LogP contribution is 2.28. The Morgan fingerprint density at radius 1 is 1.24 bits per heavy atom. The van der Waals surface area contributed by atoms with Crippen LogP contribution in [-0.4, -0.2) is 39.6 Å². The number of benzene rings is 1. The number of carbonyl (C=O) groups is 1. The first-order chi connectivity index (χ1) is 12.0. The molecule has 1 atom stereocenters. The van der Waals surface area contributed by atoms with Crippen LogP contribution in [0.2, 0.25) is 0 Å². The monoisotopic (exact) mass is 362 g/mol. The Morgan fingerprint density at radius 3 is 2.48 bits per heavy atom. The zero-order valence-corrected chi connectivity index (χ0v) is 16.3. The molecule has 136 valence electrons. The largest absolute Gasteiger partial charge is 0.497 e. The first-order valence-corrected chi connectivity index (χ1v) is 9.46. The molecule has 0 saturated heterocycles. The minimum absolute atomic E-state index is 0.0173. The molecule has 0 saturated carbocycles. The standard InChI is InChI=1S/C18H26N4O2S/c1-6-13(4)19-16(23)11-25-18-21-20-17(22(18)12(2)3)14-7-9-15(24-5)10-8-14/h7-10,12-13H,6,11H2,1-5H3,(H,19,23)/t13-/m1/s1. The highest BCUT2D eigenvalue weighted by Gasteiger charge is 2.18. The minimum atomic E-state index is 0.0173. The van der Waals surface area contributed by atoms with Gasteiger partial charge >= 0.3 is 0 Å². The summed E-state index contributed by atoms with van der Waals surface area (Å²) in [5.41, 5.74) is 0.970. The summed E-state index contributed by atoms with van der Waals surface area (Å²) >= 11 is 1.41. The van der Waals surface area contributed by atoms with E-state index in [0.29, 0.717) is 5.75 Å². The van der Waals surface area contributed by atoms with Crippen molar-refractivity contribution >= 4 is 17.7 Å². The molecule has 2 aromatic rings. The predicted molar refractivity (Wildman–Crippen MR) is 101 cm³/mol. The highest BCUT2D eigenvalue weighted by molar-refractivity contribution is 7.99. The Kier molecular flexibility index (Phi) is 6.87. The van der Waals surface area contributed by atoms with E-state index in [0.717, 1.165) is 28.7 Å². The Labute approximate surface area is 153 Å². The summed E-state index contributed by atoms with van der Waals surface area (Å²) in [6.45, 7) is 8.22. The molecule has 1 N–H and O–H groups in total. The summed E-state index contributed by atoms with van der Waals surface area (Å²) < 4.78 is 7.26. The second-order valence-corrected chi connectivity index (χ2v) is 7.11. The van der Waals surface area contributed by atoms with Gasteiger partial charge in [0.15, 0.2) is 11.0 Å². The number of methoxy groups -OCH3 is 1. The minimum Gasteiger partial charge on any atom is -0.497 e. The van der Waals surface area contributed by atoms with Gasteiger partial charge < -0.3 is 10.1 Å². The van der Waals surface area contributed by atoms with E-state index in [2.05, 4.69) is 40.9 Å². The van der Waals surface area contributed by atoms with Gasteiger partial charge in [0.1, 0.15) is 5.75 Å². The van der Waals surface area contributed by atoms with E-state index >= 15 is 0 Å². The molecule has 25 heavy (non-hydrogen) atoms. The molecule has 0 aliphatic rings. The third-order valence-corrected chi connectivity index (χ3v) is 4.82. The number of thioether (sulfide) groups is 1. The molecule has 7 heteroatoms. The van der Waals surface area contributed by atoms with Gasteiger partial charge in [0.2, 0.25) is 5.91 Å². The summed E-state index contributed by atoms with van der Waals surface area (Å²) in [5, 5.41) is 12.3. The average molecular weight is 362 g/mol. The molecule has 0 fully saturated rings. The quantitative estimate of drug-likeness (QED) is 0.728. The lowest BCUT2D eigenvalue weighted by Gasteiger charge is -2.14.